The fraction of sp³-hybridized carbons (Fsp3) is 0.385. The number of rotatable bonds is 6. The minimum Gasteiger partial charge on any atom is -0.394 e. The second-order valence-electron chi connectivity index (χ2n) is 4.16. The first kappa shape index (κ1) is 14.3. The zero-order valence-electron chi connectivity index (χ0n) is 10.3. The fourth-order valence-electron chi connectivity index (χ4n) is 1.57. The second kappa shape index (κ2) is 6.88. The first-order valence-electron chi connectivity index (χ1n) is 5.77. The number of benzene rings is 1. The van der Waals surface area contributed by atoms with Crippen LogP contribution in [0, 0.1) is 0 Å². The maximum Gasteiger partial charge on any atom is 0.251 e. The van der Waals surface area contributed by atoms with Gasteiger partial charge in [0.15, 0.2) is 0 Å². The normalized spacial score (nSPS) is 11.9. The molecule has 1 unspecified atom stereocenters. The van der Waals surface area contributed by atoms with Crippen molar-refractivity contribution < 1.29 is 14.7 Å². The van der Waals surface area contributed by atoms with Crippen LogP contribution in [0.4, 0.5) is 0 Å². The van der Waals surface area contributed by atoms with Crippen molar-refractivity contribution in [2.75, 3.05) is 6.61 Å². The SMILES string of the molecule is CC(=O)CC(CO)NC(=O)c1ccc(CN)cc1. The molecule has 0 spiro atoms. The van der Waals surface area contributed by atoms with E-state index < -0.39 is 6.04 Å². The molecular weight excluding hydrogens is 232 g/mol. The molecule has 5 nitrogen and oxygen atoms in total. The number of aliphatic hydroxyl groups excluding tert-OH is 1. The van der Waals surface area contributed by atoms with E-state index in [1.54, 1.807) is 24.3 Å². The van der Waals surface area contributed by atoms with Crippen molar-refractivity contribution in [1.29, 1.82) is 0 Å². The van der Waals surface area contributed by atoms with E-state index in [2.05, 4.69) is 5.32 Å². The second-order valence-corrected chi connectivity index (χ2v) is 4.16. The summed E-state index contributed by atoms with van der Waals surface area (Å²) < 4.78 is 0. The van der Waals surface area contributed by atoms with E-state index in [0.717, 1.165) is 5.56 Å². The van der Waals surface area contributed by atoms with Crippen molar-refractivity contribution >= 4 is 11.7 Å². The number of hydrogen-bond donors (Lipinski definition) is 3. The predicted octanol–water partition coefficient (Wildman–Crippen LogP) is 0.215. The largest absolute Gasteiger partial charge is 0.394 e. The van der Waals surface area contributed by atoms with Crippen LogP contribution in [0.5, 0.6) is 0 Å². The van der Waals surface area contributed by atoms with Gasteiger partial charge >= 0.3 is 0 Å². The number of amides is 1. The van der Waals surface area contributed by atoms with Crippen LogP contribution in [0.2, 0.25) is 0 Å². The van der Waals surface area contributed by atoms with Crippen LogP contribution in [-0.4, -0.2) is 29.4 Å². The maximum atomic E-state index is 11.8. The van der Waals surface area contributed by atoms with Gasteiger partial charge in [-0.15, -0.1) is 0 Å². The molecular formula is C13H18N2O3. The van der Waals surface area contributed by atoms with Gasteiger partial charge in [-0.1, -0.05) is 12.1 Å². The van der Waals surface area contributed by atoms with Gasteiger partial charge in [-0.3, -0.25) is 9.59 Å². The van der Waals surface area contributed by atoms with Gasteiger partial charge in [0.25, 0.3) is 5.91 Å². The maximum absolute atomic E-state index is 11.8. The quantitative estimate of drug-likeness (QED) is 0.673. The highest BCUT2D eigenvalue weighted by Crippen LogP contribution is 2.04. The van der Waals surface area contributed by atoms with Gasteiger partial charge in [0.2, 0.25) is 0 Å². The first-order chi connectivity index (χ1) is 8.56. The summed E-state index contributed by atoms with van der Waals surface area (Å²) >= 11 is 0. The van der Waals surface area contributed by atoms with Crippen LogP contribution in [0.3, 0.4) is 0 Å². The Morgan fingerprint density at radius 3 is 2.39 bits per heavy atom. The van der Waals surface area contributed by atoms with E-state index in [1.165, 1.54) is 6.92 Å². The number of nitrogens with two attached hydrogens (primary N) is 1. The minimum absolute atomic E-state index is 0.0761. The Labute approximate surface area is 106 Å². The van der Waals surface area contributed by atoms with Crippen LogP contribution >= 0.6 is 0 Å². The van der Waals surface area contributed by atoms with E-state index in [-0.39, 0.29) is 24.7 Å². The molecule has 1 atom stereocenters. The number of hydrogen-bond acceptors (Lipinski definition) is 4. The number of ketones is 1. The number of carbonyl (C=O) groups is 2. The number of nitrogens with one attached hydrogen (secondary N) is 1. The third-order valence-electron chi connectivity index (χ3n) is 2.54. The zero-order chi connectivity index (χ0) is 13.5. The van der Waals surface area contributed by atoms with Gasteiger partial charge in [0.05, 0.1) is 12.6 Å². The smallest absolute Gasteiger partial charge is 0.251 e. The molecule has 1 amide bonds. The van der Waals surface area contributed by atoms with Crippen molar-refractivity contribution in [3.05, 3.63) is 35.4 Å². The molecule has 1 aromatic carbocycles. The Hall–Kier alpha value is -1.72. The van der Waals surface area contributed by atoms with Crippen molar-refractivity contribution in [2.45, 2.75) is 25.9 Å². The molecule has 0 aliphatic rings. The Morgan fingerprint density at radius 1 is 1.33 bits per heavy atom. The lowest BCUT2D eigenvalue weighted by molar-refractivity contribution is -0.117. The van der Waals surface area contributed by atoms with Crippen LogP contribution in [0.15, 0.2) is 24.3 Å². The number of carbonyl (C=O) groups excluding carboxylic acids is 2. The Kier molecular flexibility index (Phi) is 5.48. The molecule has 0 bridgehead atoms. The van der Waals surface area contributed by atoms with Gasteiger partial charge in [0, 0.05) is 18.5 Å². The molecule has 1 rings (SSSR count). The summed E-state index contributed by atoms with van der Waals surface area (Å²) in [4.78, 5) is 22.8. The van der Waals surface area contributed by atoms with E-state index >= 15 is 0 Å². The fourth-order valence-corrected chi connectivity index (χ4v) is 1.57. The molecule has 0 heterocycles. The highest BCUT2D eigenvalue weighted by Gasteiger charge is 2.14. The van der Waals surface area contributed by atoms with E-state index in [9.17, 15) is 9.59 Å². The van der Waals surface area contributed by atoms with Crippen LogP contribution in [0.25, 0.3) is 0 Å². The Balaban J connectivity index is 2.65. The summed E-state index contributed by atoms with van der Waals surface area (Å²) in [6, 6.07) is 6.34. The molecule has 0 aliphatic heterocycles. The zero-order valence-corrected chi connectivity index (χ0v) is 10.3. The molecule has 98 valence electrons. The van der Waals surface area contributed by atoms with Crippen molar-refractivity contribution in [3.63, 3.8) is 0 Å². The standard InChI is InChI=1S/C13H18N2O3/c1-9(17)6-12(8-16)15-13(18)11-4-2-10(7-14)3-5-11/h2-5,12,16H,6-8,14H2,1H3,(H,15,18). The molecule has 0 saturated heterocycles. The van der Waals surface area contributed by atoms with Crippen LogP contribution < -0.4 is 11.1 Å². The third kappa shape index (κ3) is 4.27. The topological polar surface area (TPSA) is 92.4 Å². The average molecular weight is 250 g/mol. The summed E-state index contributed by atoms with van der Waals surface area (Å²) in [7, 11) is 0. The van der Waals surface area contributed by atoms with E-state index in [0.29, 0.717) is 12.1 Å². The van der Waals surface area contributed by atoms with Gasteiger partial charge < -0.3 is 16.2 Å². The van der Waals surface area contributed by atoms with Crippen LogP contribution in [0.1, 0.15) is 29.3 Å². The van der Waals surface area contributed by atoms with Gasteiger partial charge in [-0.25, -0.2) is 0 Å². The number of Topliss-reactive ketones (excluding diaryl/α,β-unsaturated/α-hetero) is 1. The highest BCUT2D eigenvalue weighted by atomic mass is 16.3. The van der Waals surface area contributed by atoms with Crippen molar-refractivity contribution in [2.24, 2.45) is 5.73 Å². The summed E-state index contributed by atoms with van der Waals surface area (Å²) in [5.74, 6) is -0.383. The van der Waals surface area contributed by atoms with Gasteiger partial charge in [-0.05, 0) is 24.6 Å². The molecule has 5 heteroatoms. The average Bonchev–Trinajstić information content (AvgIpc) is 2.37. The lowest BCUT2D eigenvalue weighted by Gasteiger charge is -2.14. The van der Waals surface area contributed by atoms with E-state index in [1.807, 2.05) is 0 Å². The van der Waals surface area contributed by atoms with Gasteiger partial charge in [0.1, 0.15) is 5.78 Å². The molecule has 18 heavy (non-hydrogen) atoms. The Bertz CT molecular complexity index is 415. The molecule has 0 aliphatic carbocycles. The van der Waals surface area contributed by atoms with Crippen molar-refractivity contribution in [1.82, 2.24) is 5.32 Å². The minimum atomic E-state index is -0.538. The summed E-state index contributed by atoms with van der Waals surface area (Å²) in [5, 5.41) is 11.7. The molecule has 0 saturated carbocycles. The molecule has 0 aromatic heterocycles. The molecule has 0 fully saturated rings. The van der Waals surface area contributed by atoms with Crippen molar-refractivity contribution in [3.8, 4) is 0 Å². The summed E-state index contributed by atoms with van der Waals surface area (Å²) in [6.45, 7) is 1.59. The molecule has 0 radical (unpaired) electrons. The lowest BCUT2D eigenvalue weighted by atomic mass is 10.1. The first-order valence-corrected chi connectivity index (χ1v) is 5.77. The predicted molar refractivity (Wildman–Crippen MR) is 68.0 cm³/mol. The van der Waals surface area contributed by atoms with E-state index in [4.69, 9.17) is 10.8 Å². The van der Waals surface area contributed by atoms with Gasteiger partial charge in [-0.2, -0.15) is 0 Å². The summed E-state index contributed by atoms with van der Waals surface area (Å²) in [5.41, 5.74) is 6.88. The highest BCUT2D eigenvalue weighted by molar-refractivity contribution is 5.94. The molecule has 1 aromatic rings. The van der Waals surface area contributed by atoms with Crippen LogP contribution in [-0.2, 0) is 11.3 Å². The Morgan fingerprint density at radius 2 is 1.94 bits per heavy atom. The third-order valence-corrected chi connectivity index (χ3v) is 2.54. The summed E-state index contributed by atoms with van der Waals surface area (Å²) in [6.07, 6.45) is 0.128. The number of aliphatic hydroxyl groups is 1. The lowest BCUT2D eigenvalue weighted by Crippen LogP contribution is -2.38. The molecule has 4 N–H and O–H groups in total. The monoisotopic (exact) mass is 250 g/mol.